The normalized spacial score (nSPS) is 24.6. The average molecular weight is 373 g/mol. The number of nitrogens with one attached hydrogen (secondary N) is 1. The van der Waals surface area contributed by atoms with Crippen LogP contribution in [0.1, 0.15) is 56.9 Å². The number of benzene rings is 1. The second-order valence-corrected chi connectivity index (χ2v) is 8.30. The van der Waals surface area contributed by atoms with Crippen molar-refractivity contribution in [1.82, 2.24) is 10.2 Å². The molecule has 0 spiro atoms. The summed E-state index contributed by atoms with van der Waals surface area (Å²) >= 11 is 0. The van der Waals surface area contributed by atoms with Gasteiger partial charge in [0, 0.05) is 18.5 Å². The van der Waals surface area contributed by atoms with Crippen molar-refractivity contribution in [3.05, 3.63) is 35.9 Å². The van der Waals surface area contributed by atoms with Gasteiger partial charge < -0.3 is 15.0 Å². The van der Waals surface area contributed by atoms with E-state index in [9.17, 15) is 4.79 Å². The number of hydrogen-bond acceptors (Lipinski definition) is 4. The first-order valence-electron chi connectivity index (χ1n) is 10.8. The van der Waals surface area contributed by atoms with E-state index in [-0.39, 0.29) is 5.97 Å². The minimum atomic E-state index is -0.0895. The van der Waals surface area contributed by atoms with Gasteiger partial charge in [-0.25, -0.2) is 0 Å². The largest absolute Gasteiger partial charge is 0.469 e. The molecular weight excluding hydrogens is 336 g/mol. The van der Waals surface area contributed by atoms with Gasteiger partial charge in [0.05, 0.1) is 7.11 Å². The van der Waals surface area contributed by atoms with Gasteiger partial charge >= 0.3 is 5.97 Å². The zero-order chi connectivity index (χ0) is 18.9. The fourth-order valence-electron chi connectivity index (χ4n) is 4.76. The molecule has 0 amide bonds. The van der Waals surface area contributed by atoms with Gasteiger partial charge in [0.2, 0.25) is 0 Å². The fraction of sp³-hybridized carbons (Fsp3) is 0.696. The van der Waals surface area contributed by atoms with Crippen molar-refractivity contribution >= 4 is 5.97 Å². The van der Waals surface area contributed by atoms with E-state index in [4.69, 9.17) is 4.74 Å². The number of esters is 1. The Balaban J connectivity index is 1.41. The molecule has 27 heavy (non-hydrogen) atoms. The Hall–Kier alpha value is -1.39. The highest BCUT2D eigenvalue weighted by Gasteiger charge is 2.28. The van der Waals surface area contributed by atoms with Crippen LogP contribution >= 0.6 is 0 Å². The number of hydrogen-bond donors (Lipinski definition) is 1. The van der Waals surface area contributed by atoms with Gasteiger partial charge in [-0.2, -0.15) is 0 Å². The second-order valence-electron chi connectivity index (χ2n) is 8.30. The third-order valence-electron chi connectivity index (χ3n) is 6.37. The van der Waals surface area contributed by atoms with Crippen molar-refractivity contribution in [1.29, 1.82) is 0 Å². The first-order valence-corrected chi connectivity index (χ1v) is 10.8. The number of likely N-dealkylation sites (tertiary alicyclic amines) is 1. The van der Waals surface area contributed by atoms with Gasteiger partial charge in [-0.1, -0.05) is 43.2 Å². The van der Waals surface area contributed by atoms with Crippen LogP contribution in [0, 0.1) is 5.92 Å². The van der Waals surface area contributed by atoms with E-state index in [0.717, 1.165) is 32.0 Å². The molecule has 4 nitrogen and oxygen atoms in total. The summed E-state index contributed by atoms with van der Waals surface area (Å²) in [7, 11) is 1.47. The molecule has 2 aliphatic rings. The Morgan fingerprint density at radius 3 is 2.59 bits per heavy atom. The molecule has 1 aliphatic carbocycles. The third-order valence-corrected chi connectivity index (χ3v) is 6.37. The fourth-order valence-corrected chi connectivity index (χ4v) is 4.76. The van der Waals surface area contributed by atoms with Crippen molar-refractivity contribution in [3.8, 4) is 0 Å². The van der Waals surface area contributed by atoms with Crippen LogP contribution in [0.3, 0.4) is 0 Å². The molecule has 3 rings (SSSR count). The minimum Gasteiger partial charge on any atom is -0.469 e. The topological polar surface area (TPSA) is 41.6 Å². The zero-order valence-electron chi connectivity index (χ0n) is 16.9. The monoisotopic (exact) mass is 372 g/mol. The lowest BCUT2D eigenvalue weighted by Gasteiger charge is -2.39. The molecule has 2 atom stereocenters. The highest BCUT2D eigenvalue weighted by molar-refractivity contribution is 5.69. The molecule has 1 aromatic carbocycles. The molecule has 1 saturated carbocycles. The maximum absolute atomic E-state index is 11.2. The Morgan fingerprint density at radius 2 is 1.85 bits per heavy atom. The number of nitrogens with zero attached hydrogens (tertiary/aromatic N) is 1. The first kappa shape index (κ1) is 20.3. The molecule has 0 bridgehead atoms. The van der Waals surface area contributed by atoms with E-state index >= 15 is 0 Å². The number of methoxy groups -OCH3 is 1. The van der Waals surface area contributed by atoms with Crippen molar-refractivity contribution in [2.45, 2.75) is 69.9 Å². The maximum atomic E-state index is 11.2. The van der Waals surface area contributed by atoms with E-state index in [1.165, 1.54) is 57.6 Å². The van der Waals surface area contributed by atoms with E-state index in [2.05, 4.69) is 40.5 Å². The summed E-state index contributed by atoms with van der Waals surface area (Å²) in [6, 6.07) is 12.3. The molecule has 4 heteroatoms. The summed E-state index contributed by atoms with van der Waals surface area (Å²) in [5.74, 6) is 0.688. The average Bonchev–Trinajstić information content (AvgIpc) is 2.71. The van der Waals surface area contributed by atoms with E-state index in [1.807, 2.05) is 0 Å². The van der Waals surface area contributed by atoms with Crippen LogP contribution in [0.25, 0.3) is 0 Å². The summed E-state index contributed by atoms with van der Waals surface area (Å²) in [6.45, 7) is 3.31. The van der Waals surface area contributed by atoms with Crippen LogP contribution in [-0.2, 0) is 16.0 Å². The van der Waals surface area contributed by atoms with Crippen LogP contribution in [0.5, 0.6) is 0 Å². The van der Waals surface area contributed by atoms with Gasteiger partial charge in [-0.15, -0.1) is 0 Å². The van der Waals surface area contributed by atoms with Crippen LogP contribution in [0.15, 0.2) is 30.3 Å². The molecule has 0 aromatic heterocycles. The number of carbonyl (C=O) groups excluding carboxylic acids is 1. The molecule has 1 aromatic rings. The van der Waals surface area contributed by atoms with E-state index in [0.29, 0.717) is 18.5 Å². The van der Waals surface area contributed by atoms with Crippen molar-refractivity contribution in [2.75, 3.05) is 26.7 Å². The van der Waals surface area contributed by atoms with Gasteiger partial charge in [-0.3, -0.25) is 4.79 Å². The van der Waals surface area contributed by atoms with Crippen molar-refractivity contribution in [3.63, 3.8) is 0 Å². The second kappa shape index (κ2) is 10.8. The third kappa shape index (κ3) is 6.62. The summed E-state index contributed by atoms with van der Waals surface area (Å²) in [5, 5.41) is 4.03. The lowest BCUT2D eigenvalue weighted by atomic mass is 9.80. The van der Waals surface area contributed by atoms with Gasteiger partial charge in [-0.05, 0) is 69.6 Å². The van der Waals surface area contributed by atoms with Crippen molar-refractivity contribution < 1.29 is 9.53 Å². The van der Waals surface area contributed by atoms with E-state index in [1.54, 1.807) is 0 Å². The van der Waals surface area contributed by atoms with Crippen LogP contribution in [-0.4, -0.2) is 49.7 Å². The molecular formula is C23H36N2O2. The predicted molar refractivity (Wildman–Crippen MR) is 110 cm³/mol. The molecule has 1 N–H and O–H groups in total. The molecule has 0 radical (unpaired) electrons. The summed E-state index contributed by atoms with van der Waals surface area (Å²) in [6.07, 6.45) is 10.6. The number of carbonyl (C=O) groups is 1. The molecule has 2 fully saturated rings. The predicted octanol–water partition coefficient (Wildman–Crippen LogP) is 3.80. The summed E-state index contributed by atoms with van der Waals surface area (Å²) in [4.78, 5) is 13.7. The van der Waals surface area contributed by atoms with Crippen LogP contribution in [0.4, 0.5) is 0 Å². The Morgan fingerprint density at radius 1 is 1.11 bits per heavy atom. The molecule has 1 heterocycles. The number of rotatable bonds is 8. The Kier molecular flexibility index (Phi) is 8.15. The van der Waals surface area contributed by atoms with Crippen LogP contribution in [0.2, 0.25) is 0 Å². The Bertz CT molecular complexity index is 555. The number of ether oxygens (including phenoxy) is 1. The molecule has 1 aliphatic heterocycles. The highest BCUT2D eigenvalue weighted by Crippen LogP contribution is 2.29. The summed E-state index contributed by atoms with van der Waals surface area (Å²) < 4.78 is 4.73. The molecule has 1 saturated heterocycles. The lowest BCUT2D eigenvalue weighted by Crippen LogP contribution is -2.49. The Labute approximate surface area is 164 Å². The van der Waals surface area contributed by atoms with Gasteiger partial charge in [0.15, 0.2) is 0 Å². The zero-order valence-corrected chi connectivity index (χ0v) is 16.9. The smallest absolute Gasteiger partial charge is 0.305 e. The quantitative estimate of drug-likeness (QED) is 0.705. The minimum absolute atomic E-state index is 0.0895. The molecule has 0 unspecified atom stereocenters. The number of piperidine rings is 1. The standard InChI is InChI=1S/C23H36N2O2/c1-27-23(26)12-7-15-25-16-13-21(14-17-25)24-22-11-6-5-10-20(22)18-19-8-3-2-4-9-19/h2-4,8-9,20-22,24H,5-7,10-18H2,1H3/t20-,22+/m0/s1. The van der Waals surface area contributed by atoms with E-state index < -0.39 is 0 Å². The maximum Gasteiger partial charge on any atom is 0.305 e. The summed E-state index contributed by atoms with van der Waals surface area (Å²) in [5.41, 5.74) is 1.48. The lowest BCUT2D eigenvalue weighted by molar-refractivity contribution is -0.140. The highest BCUT2D eigenvalue weighted by atomic mass is 16.5. The molecule has 150 valence electrons. The van der Waals surface area contributed by atoms with Crippen LogP contribution < -0.4 is 5.32 Å². The van der Waals surface area contributed by atoms with Gasteiger partial charge in [0.25, 0.3) is 0 Å². The SMILES string of the molecule is COC(=O)CCCN1CCC(N[C@@H]2CCCC[C@H]2Cc2ccccc2)CC1. The first-order chi connectivity index (χ1) is 13.2. The van der Waals surface area contributed by atoms with Gasteiger partial charge in [0.1, 0.15) is 0 Å². The van der Waals surface area contributed by atoms with Crippen molar-refractivity contribution in [2.24, 2.45) is 5.92 Å².